The van der Waals surface area contributed by atoms with Crippen LogP contribution in [0.15, 0.2) is 18.2 Å². The second kappa shape index (κ2) is 5.76. The molecule has 0 radical (unpaired) electrons. The van der Waals surface area contributed by atoms with E-state index in [2.05, 4.69) is 0 Å². The van der Waals surface area contributed by atoms with Gasteiger partial charge in [-0.3, -0.25) is 0 Å². The van der Waals surface area contributed by atoms with Crippen LogP contribution in [0.5, 0.6) is 5.75 Å². The summed E-state index contributed by atoms with van der Waals surface area (Å²) >= 11 is 11.8. The van der Waals surface area contributed by atoms with Gasteiger partial charge in [-0.2, -0.15) is 0 Å². The highest BCUT2D eigenvalue weighted by Crippen LogP contribution is 2.32. The Morgan fingerprint density at radius 3 is 2.44 bits per heavy atom. The minimum atomic E-state index is -0.800. The second-order valence-electron chi connectivity index (χ2n) is 3.77. The van der Waals surface area contributed by atoms with E-state index >= 15 is 0 Å². The molecule has 90 valence electrons. The van der Waals surface area contributed by atoms with Crippen LogP contribution in [-0.2, 0) is 0 Å². The van der Waals surface area contributed by atoms with Gasteiger partial charge in [-0.15, -0.1) is 0 Å². The number of halogens is 2. The van der Waals surface area contributed by atoms with Crippen LogP contribution >= 0.6 is 23.2 Å². The van der Waals surface area contributed by atoms with E-state index in [9.17, 15) is 5.11 Å². The van der Waals surface area contributed by atoms with Gasteiger partial charge in [-0.25, -0.2) is 0 Å². The smallest absolute Gasteiger partial charge is 0.139 e. The van der Waals surface area contributed by atoms with E-state index in [1.54, 1.807) is 18.2 Å². The molecule has 16 heavy (non-hydrogen) atoms. The van der Waals surface area contributed by atoms with E-state index in [0.717, 1.165) is 0 Å². The Hall–Kier alpha value is -0.440. The first-order valence-corrected chi connectivity index (χ1v) is 6.07. The van der Waals surface area contributed by atoms with Gasteiger partial charge in [0.1, 0.15) is 17.4 Å². The van der Waals surface area contributed by atoms with E-state index < -0.39 is 5.60 Å². The first kappa shape index (κ1) is 13.6. The lowest BCUT2D eigenvalue weighted by Crippen LogP contribution is -2.34. The summed E-state index contributed by atoms with van der Waals surface area (Å²) in [6, 6.07) is 5.20. The summed E-state index contributed by atoms with van der Waals surface area (Å²) in [6.45, 7) is 4.07. The van der Waals surface area contributed by atoms with Crippen LogP contribution in [0, 0.1) is 0 Å². The summed E-state index contributed by atoms with van der Waals surface area (Å²) in [7, 11) is 0. The van der Waals surface area contributed by atoms with Crippen LogP contribution in [0.3, 0.4) is 0 Å². The third-order valence-electron chi connectivity index (χ3n) is 2.73. The van der Waals surface area contributed by atoms with Gasteiger partial charge in [0.2, 0.25) is 0 Å². The quantitative estimate of drug-likeness (QED) is 0.872. The molecule has 0 aliphatic rings. The van der Waals surface area contributed by atoms with E-state index in [1.165, 1.54) is 0 Å². The molecule has 0 atom stereocenters. The standard InChI is InChI=1S/C12H16Cl2O2/c1-3-12(15,4-2)8-16-10-7-5-6-9(13)11(10)14/h5-7,15H,3-4,8H2,1-2H3. The molecule has 0 bridgehead atoms. The van der Waals surface area contributed by atoms with Crippen LogP contribution in [0.2, 0.25) is 10.0 Å². The van der Waals surface area contributed by atoms with Crippen LogP contribution in [0.1, 0.15) is 26.7 Å². The molecule has 0 spiro atoms. The van der Waals surface area contributed by atoms with Crippen LogP contribution in [0.4, 0.5) is 0 Å². The number of benzene rings is 1. The Bertz CT molecular complexity index is 349. The molecule has 1 rings (SSSR count). The van der Waals surface area contributed by atoms with Gasteiger partial charge in [0, 0.05) is 0 Å². The summed E-state index contributed by atoms with van der Waals surface area (Å²) < 4.78 is 5.50. The zero-order valence-corrected chi connectivity index (χ0v) is 11.0. The molecule has 1 aromatic rings. The van der Waals surface area contributed by atoms with Crippen molar-refractivity contribution < 1.29 is 9.84 Å². The maximum Gasteiger partial charge on any atom is 0.139 e. The Kier molecular flexibility index (Phi) is 4.90. The van der Waals surface area contributed by atoms with Crippen LogP contribution in [-0.4, -0.2) is 17.3 Å². The highest BCUT2D eigenvalue weighted by molar-refractivity contribution is 6.42. The molecule has 0 aliphatic carbocycles. The molecular formula is C12H16Cl2O2. The van der Waals surface area contributed by atoms with Crippen molar-refractivity contribution in [2.45, 2.75) is 32.3 Å². The third-order valence-corrected chi connectivity index (χ3v) is 3.53. The summed E-state index contributed by atoms with van der Waals surface area (Å²) in [6.07, 6.45) is 1.28. The molecule has 1 N–H and O–H groups in total. The highest BCUT2D eigenvalue weighted by atomic mass is 35.5. The van der Waals surface area contributed by atoms with E-state index in [4.69, 9.17) is 27.9 Å². The number of hydrogen-bond donors (Lipinski definition) is 1. The van der Waals surface area contributed by atoms with Gasteiger partial charge in [0.15, 0.2) is 0 Å². The van der Waals surface area contributed by atoms with Crippen molar-refractivity contribution in [2.24, 2.45) is 0 Å². The lowest BCUT2D eigenvalue weighted by Gasteiger charge is -2.25. The zero-order chi connectivity index (χ0) is 12.2. The molecule has 0 aromatic heterocycles. The van der Waals surface area contributed by atoms with Crippen molar-refractivity contribution >= 4 is 23.2 Å². The fraction of sp³-hybridized carbons (Fsp3) is 0.500. The average molecular weight is 263 g/mol. The Morgan fingerprint density at radius 1 is 1.25 bits per heavy atom. The molecule has 0 amide bonds. The Labute approximate surface area is 106 Å². The molecular weight excluding hydrogens is 247 g/mol. The highest BCUT2D eigenvalue weighted by Gasteiger charge is 2.23. The van der Waals surface area contributed by atoms with Gasteiger partial charge in [0.05, 0.1) is 10.6 Å². The van der Waals surface area contributed by atoms with Crippen molar-refractivity contribution in [3.63, 3.8) is 0 Å². The molecule has 1 aromatic carbocycles. The van der Waals surface area contributed by atoms with Gasteiger partial charge in [0.25, 0.3) is 0 Å². The van der Waals surface area contributed by atoms with Crippen molar-refractivity contribution in [3.8, 4) is 5.75 Å². The maximum atomic E-state index is 10.0. The van der Waals surface area contributed by atoms with Gasteiger partial charge >= 0.3 is 0 Å². The third kappa shape index (κ3) is 3.27. The zero-order valence-electron chi connectivity index (χ0n) is 9.46. The lowest BCUT2D eigenvalue weighted by molar-refractivity contribution is -0.0113. The average Bonchev–Trinajstić information content (AvgIpc) is 2.31. The predicted molar refractivity (Wildman–Crippen MR) is 67.5 cm³/mol. The maximum absolute atomic E-state index is 10.0. The fourth-order valence-corrected chi connectivity index (χ4v) is 1.61. The normalized spacial score (nSPS) is 11.6. The number of aliphatic hydroxyl groups is 1. The van der Waals surface area contributed by atoms with Crippen molar-refractivity contribution in [2.75, 3.05) is 6.61 Å². The molecule has 4 heteroatoms. The fourth-order valence-electron chi connectivity index (χ4n) is 1.26. The number of hydrogen-bond acceptors (Lipinski definition) is 2. The van der Waals surface area contributed by atoms with Crippen molar-refractivity contribution in [1.82, 2.24) is 0 Å². The Morgan fingerprint density at radius 2 is 1.88 bits per heavy atom. The molecule has 0 saturated carbocycles. The monoisotopic (exact) mass is 262 g/mol. The van der Waals surface area contributed by atoms with E-state index in [1.807, 2.05) is 13.8 Å². The first-order valence-electron chi connectivity index (χ1n) is 5.31. The molecule has 0 unspecified atom stereocenters. The predicted octanol–water partition coefficient (Wildman–Crippen LogP) is 3.92. The van der Waals surface area contributed by atoms with Gasteiger partial charge < -0.3 is 9.84 Å². The van der Waals surface area contributed by atoms with Crippen LogP contribution < -0.4 is 4.74 Å². The second-order valence-corrected chi connectivity index (χ2v) is 4.56. The molecule has 0 heterocycles. The summed E-state index contributed by atoms with van der Waals surface area (Å²) in [5, 5.41) is 10.9. The summed E-state index contributed by atoms with van der Waals surface area (Å²) in [5.74, 6) is 0.509. The number of ether oxygens (including phenoxy) is 1. The SMILES string of the molecule is CCC(O)(CC)COc1cccc(Cl)c1Cl. The van der Waals surface area contributed by atoms with Crippen molar-refractivity contribution in [3.05, 3.63) is 28.2 Å². The lowest BCUT2D eigenvalue weighted by atomic mass is 9.99. The largest absolute Gasteiger partial charge is 0.489 e. The molecule has 2 nitrogen and oxygen atoms in total. The van der Waals surface area contributed by atoms with Crippen LogP contribution in [0.25, 0.3) is 0 Å². The van der Waals surface area contributed by atoms with E-state index in [-0.39, 0.29) is 6.61 Å². The summed E-state index contributed by atoms with van der Waals surface area (Å²) in [4.78, 5) is 0. The summed E-state index contributed by atoms with van der Waals surface area (Å²) in [5.41, 5.74) is -0.800. The van der Waals surface area contributed by atoms with Gasteiger partial charge in [-0.1, -0.05) is 43.1 Å². The Balaban J connectivity index is 2.71. The number of rotatable bonds is 5. The van der Waals surface area contributed by atoms with Gasteiger partial charge in [-0.05, 0) is 25.0 Å². The minimum absolute atomic E-state index is 0.222. The van der Waals surface area contributed by atoms with E-state index in [0.29, 0.717) is 28.6 Å². The molecule has 0 fully saturated rings. The molecule has 0 aliphatic heterocycles. The van der Waals surface area contributed by atoms with Crippen molar-refractivity contribution in [1.29, 1.82) is 0 Å². The molecule has 0 saturated heterocycles. The topological polar surface area (TPSA) is 29.5 Å². The first-order chi connectivity index (χ1) is 7.52. The minimum Gasteiger partial charge on any atom is -0.489 e.